The molecule has 1 amide bonds. The average Bonchev–Trinajstić information content (AvgIpc) is 2.94. The monoisotopic (exact) mass is 309 g/mol. The number of benzene rings is 1. The first kappa shape index (κ1) is 14.3. The summed E-state index contributed by atoms with van der Waals surface area (Å²) in [6.07, 6.45) is 4.83. The minimum absolute atomic E-state index is 0.0615. The third-order valence-electron chi connectivity index (χ3n) is 5.63. The number of allylic oxidation sites excluding steroid dienone is 1. The van der Waals surface area contributed by atoms with Gasteiger partial charge in [-0.05, 0) is 18.9 Å². The van der Waals surface area contributed by atoms with Gasteiger partial charge in [0.2, 0.25) is 11.5 Å². The van der Waals surface area contributed by atoms with E-state index in [0.29, 0.717) is 11.3 Å². The molecule has 1 aromatic rings. The van der Waals surface area contributed by atoms with Crippen LogP contribution in [-0.4, -0.2) is 29.5 Å². The third kappa shape index (κ3) is 1.68. The number of carbonyl (C=O) groups excluding carboxylic acids is 2. The van der Waals surface area contributed by atoms with Crippen molar-refractivity contribution < 1.29 is 14.3 Å². The van der Waals surface area contributed by atoms with Crippen LogP contribution in [0.5, 0.6) is 0 Å². The van der Waals surface area contributed by atoms with Gasteiger partial charge in [0.25, 0.3) is 5.91 Å². The second kappa shape index (κ2) is 4.85. The normalized spacial score (nSPS) is 24.8. The summed E-state index contributed by atoms with van der Waals surface area (Å²) in [6, 6.07) is 7.02. The highest BCUT2D eigenvalue weighted by Gasteiger charge is 2.70. The quantitative estimate of drug-likeness (QED) is 0.853. The number of nitrogens with one attached hydrogen (secondary N) is 1. The van der Waals surface area contributed by atoms with Crippen molar-refractivity contribution in [2.24, 2.45) is 5.41 Å². The predicted octanol–water partition coefficient (Wildman–Crippen LogP) is 2.71. The molecule has 2 bridgehead atoms. The van der Waals surface area contributed by atoms with Crippen molar-refractivity contribution in [1.29, 1.82) is 0 Å². The summed E-state index contributed by atoms with van der Waals surface area (Å²) in [6.45, 7) is 0. The van der Waals surface area contributed by atoms with Crippen LogP contribution in [-0.2, 0) is 4.79 Å². The van der Waals surface area contributed by atoms with Crippen LogP contribution in [0.2, 0.25) is 0 Å². The van der Waals surface area contributed by atoms with Crippen LogP contribution in [0.3, 0.4) is 0 Å². The summed E-state index contributed by atoms with van der Waals surface area (Å²) in [5.74, 6) is -0.110. The first-order valence-electron chi connectivity index (χ1n) is 8.20. The SMILES string of the molecule is CNC(=O)c1ccccc1C1=C2C(=O)C3(CCCCC3)C1[N+]2=[N-]. The average molecular weight is 309 g/mol. The number of carbonyl (C=O) groups is 2. The Bertz CT molecular complexity index is 772. The Hall–Kier alpha value is -2.30. The van der Waals surface area contributed by atoms with Crippen LogP contribution in [0.1, 0.15) is 48.0 Å². The van der Waals surface area contributed by atoms with Gasteiger partial charge in [0.15, 0.2) is 6.04 Å². The Morgan fingerprint density at radius 2 is 1.96 bits per heavy atom. The molecule has 2 aliphatic heterocycles. The first-order valence-corrected chi connectivity index (χ1v) is 8.20. The summed E-state index contributed by atoms with van der Waals surface area (Å²) in [4.78, 5) is 25.1. The number of nitrogens with zero attached hydrogens (tertiary/aromatic N) is 2. The largest absolute Gasteiger partial charge is 0.499 e. The smallest absolute Gasteiger partial charge is 0.251 e. The van der Waals surface area contributed by atoms with Crippen molar-refractivity contribution in [1.82, 2.24) is 5.32 Å². The fourth-order valence-corrected chi connectivity index (χ4v) is 4.54. The topological polar surface area (TPSA) is 71.5 Å². The van der Waals surface area contributed by atoms with Crippen molar-refractivity contribution in [3.63, 3.8) is 0 Å². The standard InChI is InChI=1S/C18H19N3O2/c1-20-17(23)12-8-4-3-7-11(12)13-14-16(22)18(15(13)21(14)19)9-5-2-6-10-18/h3-4,7-8,15H,2,5-6,9-10H2,1H3,(H,20,23). The molecule has 1 aromatic carbocycles. The molecule has 2 aliphatic carbocycles. The molecule has 1 spiro atoms. The van der Waals surface area contributed by atoms with E-state index in [-0.39, 0.29) is 17.7 Å². The predicted molar refractivity (Wildman–Crippen MR) is 84.7 cm³/mol. The van der Waals surface area contributed by atoms with Gasteiger partial charge < -0.3 is 10.8 Å². The highest BCUT2D eigenvalue weighted by molar-refractivity contribution is 6.15. The van der Waals surface area contributed by atoms with E-state index in [1.54, 1.807) is 13.1 Å². The van der Waals surface area contributed by atoms with Crippen LogP contribution in [0, 0.1) is 5.41 Å². The highest BCUT2D eigenvalue weighted by Crippen LogP contribution is 2.60. The molecule has 1 saturated carbocycles. The van der Waals surface area contributed by atoms with Crippen molar-refractivity contribution >= 4 is 17.3 Å². The van der Waals surface area contributed by atoms with Crippen molar-refractivity contribution in [2.75, 3.05) is 7.05 Å². The van der Waals surface area contributed by atoms with E-state index in [0.717, 1.165) is 47.9 Å². The van der Waals surface area contributed by atoms with Gasteiger partial charge in [-0.15, -0.1) is 0 Å². The van der Waals surface area contributed by atoms with Crippen LogP contribution < -0.4 is 5.32 Å². The van der Waals surface area contributed by atoms with E-state index < -0.39 is 5.41 Å². The Labute approximate surface area is 134 Å². The summed E-state index contributed by atoms with van der Waals surface area (Å²) in [5.41, 5.74) is 12.4. The molecule has 5 heteroatoms. The van der Waals surface area contributed by atoms with E-state index in [2.05, 4.69) is 5.32 Å². The molecule has 4 aliphatic rings. The molecular weight excluding hydrogens is 290 g/mol. The number of ketones is 1. The lowest BCUT2D eigenvalue weighted by Gasteiger charge is -2.34. The molecule has 2 heterocycles. The summed E-state index contributed by atoms with van der Waals surface area (Å²) >= 11 is 0. The Kier molecular flexibility index (Phi) is 3.01. The molecule has 118 valence electrons. The molecule has 2 fully saturated rings. The maximum Gasteiger partial charge on any atom is 0.251 e. The lowest BCUT2D eigenvalue weighted by atomic mass is 9.68. The molecular formula is C18H19N3O2. The van der Waals surface area contributed by atoms with Crippen LogP contribution in [0.15, 0.2) is 30.0 Å². The molecule has 0 radical (unpaired) electrons. The van der Waals surface area contributed by atoms with Crippen LogP contribution in [0.25, 0.3) is 11.1 Å². The fourth-order valence-electron chi connectivity index (χ4n) is 4.54. The van der Waals surface area contributed by atoms with Crippen LogP contribution >= 0.6 is 0 Å². The molecule has 0 aromatic heterocycles. The zero-order valence-electron chi connectivity index (χ0n) is 13.1. The fraction of sp³-hybridized carbons (Fsp3) is 0.444. The van der Waals surface area contributed by atoms with E-state index in [4.69, 9.17) is 0 Å². The van der Waals surface area contributed by atoms with Crippen molar-refractivity contribution in [2.45, 2.75) is 38.1 Å². The second-order valence-corrected chi connectivity index (χ2v) is 6.68. The van der Waals surface area contributed by atoms with Gasteiger partial charge >= 0.3 is 0 Å². The molecule has 1 saturated heterocycles. The molecule has 1 unspecified atom stereocenters. The van der Waals surface area contributed by atoms with Gasteiger partial charge in [0, 0.05) is 18.2 Å². The van der Waals surface area contributed by atoms with E-state index in [1.807, 2.05) is 18.2 Å². The van der Waals surface area contributed by atoms with Gasteiger partial charge in [-0.3, -0.25) is 14.3 Å². The van der Waals surface area contributed by atoms with Gasteiger partial charge in [0.05, 0.1) is 0 Å². The van der Waals surface area contributed by atoms with Crippen molar-refractivity contribution in [3.05, 3.63) is 46.6 Å². The number of Topliss-reactive ketones (excluding diaryl/α,β-unsaturated/α-hetero) is 1. The maximum absolute atomic E-state index is 12.9. The molecule has 23 heavy (non-hydrogen) atoms. The zero-order valence-corrected chi connectivity index (χ0v) is 13.1. The number of hydrogen-bond donors (Lipinski definition) is 1. The molecule has 5 rings (SSSR count). The number of amides is 1. The van der Waals surface area contributed by atoms with Gasteiger partial charge in [-0.25, -0.2) is 0 Å². The van der Waals surface area contributed by atoms with E-state index >= 15 is 0 Å². The lowest BCUT2D eigenvalue weighted by Crippen LogP contribution is -2.41. The first-order chi connectivity index (χ1) is 11.1. The Balaban J connectivity index is 1.84. The Morgan fingerprint density at radius 3 is 2.65 bits per heavy atom. The van der Waals surface area contributed by atoms with E-state index in [9.17, 15) is 15.1 Å². The summed E-state index contributed by atoms with van der Waals surface area (Å²) in [5, 5.41) is 2.65. The van der Waals surface area contributed by atoms with E-state index in [1.165, 1.54) is 0 Å². The van der Waals surface area contributed by atoms with Crippen LogP contribution in [0.4, 0.5) is 0 Å². The minimum atomic E-state index is -0.479. The molecule has 1 N–H and O–H groups in total. The Morgan fingerprint density at radius 1 is 1.26 bits per heavy atom. The number of hydrogen-bond acceptors (Lipinski definition) is 2. The summed E-state index contributed by atoms with van der Waals surface area (Å²) < 4.78 is 1.14. The van der Waals surface area contributed by atoms with Crippen molar-refractivity contribution in [3.8, 4) is 0 Å². The zero-order chi connectivity index (χ0) is 16.2. The maximum atomic E-state index is 12.9. The number of rotatable bonds is 2. The minimum Gasteiger partial charge on any atom is -0.499 e. The highest BCUT2D eigenvalue weighted by atomic mass is 16.1. The van der Waals surface area contributed by atoms with Gasteiger partial charge in [-0.2, -0.15) is 0 Å². The third-order valence-corrected chi connectivity index (χ3v) is 5.63. The second-order valence-electron chi connectivity index (χ2n) is 6.68. The van der Waals surface area contributed by atoms with Gasteiger partial charge in [0.1, 0.15) is 11.0 Å². The molecule has 5 nitrogen and oxygen atoms in total. The lowest BCUT2D eigenvalue weighted by molar-refractivity contribution is -0.539. The van der Waals surface area contributed by atoms with Gasteiger partial charge in [-0.1, -0.05) is 37.5 Å². The molecule has 1 atom stereocenters. The summed E-state index contributed by atoms with van der Waals surface area (Å²) in [7, 11) is 1.60.